The lowest BCUT2D eigenvalue weighted by Gasteiger charge is -2.39. The zero-order valence-corrected chi connectivity index (χ0v) is 23.0. The third-order valence-electron chi connectivity index (χ3n) is 9.28. The third-order valence-corrected chi connectivity index (χ3v) is 9.28. The highest BCUT2D eigenvalue weighted by atomic mass is 16.5. The molecular formula is C29H43N3O5. The number of aliphatic hydroxyl groups excluding tert-OH is 1. The third kappa shape index (κ3) is 4.36. The molecule has 3 aliphatic rings. The standard InChI is InChI=1S/C29H43N3O5/c1-7-12-19(5)30-26(35)24-29-15-18(4)28(6,37-29)22(25(34)31-20-13-10-9-11-14-20)23(29)27(36)32(24)21(16-33)17(3)8-2/h9-11,13-14,17-19,21-24,33H,7-8,12,15-16H2,1-6H3,(H,30,35)(H,31,34)/t17-,18?,19?,21-,22+,23-,24?,28-,29?/m0/s1. The molecule has 1 spiro atoms. The Morgan fingerprint density at radius 1 is 1.19 bits per heavy atom. The Balaban J connectivity index is 1.78. The summed E-state index contributed by atoms with van der Waals surface area (Å²) in [6.07, 6.45) is 2.97. The largest absolute Gasteiger partial charge is 0.394 e. The molecule has 3 amide bonds. The smallest absolute Gasteiger partial charge is 0.246 e. The molecule has 4 unspecified atom stereocenters. The van der Waals surface area contributed by atoms with Crippen molar-refractivity contribution in [2.45, 2.75) is 96.6 Å². The summed E-state index contributed by atoms with van der Waals surface area (Å²) in [6, 6.07) is 7.67. The van der Waals surface area contributed by atoms with Crippen molar-refractivity contribution in [2.75, 3.05) is 11.9 Å². The highest BCUT2D eigenvalue weighted by Gasteiger charge is 2.80. The van der Waals surface area contributed by atoms with Gasteiger partial charge in [0.1, 0.15) is 11.6 Å². The number of nitrogens with zero attached hydrogens (tertiary/aromatic N) is 1. The minimum Gasteiger partial charge on any atom is -0.394 e. The number of carbonyl (C=O) groups excluding carboxylic acids is 3. The Bertz CT molecular complexity index is 1020. The van der Waals surface area contributed by atoms with E-state index in [0.29, 0.717) is 12.1 Å². The van der Waals surface area contributed by atoms with Crippen LogP contribution in [-0.4, -0.2) is 63.7 Å². The molecule has 204 valence electrons. The van der Waals surface area contributed by atoms with Crippen LogP contribution in [0.5, 0.6) is 0 Å². The molecule has 3 aliphatic heterocycles. The van der Waals surface area contributed by atoms with Crippen molar-refractivity contribution < 1.29 is 24.2 Å². The van der Waals surface area contributed by atoms with Gasteiger partial charge in [0, 0.05) is 11.7 Å². The van der Waals surface area contributed by atoms with Crippen LogP contribution in [0, 0.1) is 23.7 Å². The van der Waals surface area contributed by atoms with Gasteiger partial charge in [-0.2, -0.15) is 0 Å². The maximum absolute atomic E-state index is 14.3. The summed E-state index contributed by atoms with van der Waals surface area (Å²) < 4.78 is 6.77. The first-order chi connectivity index (χ1) is 17.5. The summed E-state index contributed by atoms with van der Waals surface area (Å²) in [5, 5.41) is 16.5. The van der Waals surface area contributed by atoms with E-state index in [-0.39, 0.29) is 42.2 Å². The first-order valence-electron chi connectivity index (χ1n) is 13.8. The van der Waals surface area contributed by atoms with E-state index < -0.39 is 35.1 Å². The number of para-hydroxylation sites is 1. The molecule has 3 fully saturated rings. The van der Waals surface area contributed by atoms with Crippen LogP contribution in [-0.2, 0) is 19.1 Å². The van der Waals surface area contributed by atoms with Crippen molar-refractivity contribution in [3.05, 3.63) is 30.3 Å². The molecule has 1 aromatic carbocycles. The Kier molecular flexibility index (Phi) is 7.73. The van der Waals surface area contributed by atoms with Gasteiger partial charge in [-0.3, -0.25) is 14.4 Å². The highest BCUT2D eigenvalue weighted by molar-refractivity contribution is 6.02. The number of fused-ring (bicyclic) bond motifs is 1. The van der Waals surface area contributed by atoms with Gasteiger partial charge in [0.15, 0.2) is 0 Å². The Labute approximate surface area is 220 Å². The lowest BCUT2D eigenvalue weighted by molar-refractivity contribution is -0.151. The fraction of sp³-hybridized carbons (Fsp3) is 0.690. The number of anilines is 1. The predicted molar refractivity (Wildman–Crippen MR) is 142 cm³/mol. The molecule has 8 nitrogen and oxygen atoms in total. The fourth-order valence-corrected chi connectivity index (χ4v) is 7.12. The number of nitrogens with one attached hydrogen (secondary N) is 2. The first-order valence-corrected chi connectivity index (χ1v) is 13.8. The van der Waals surface area contributed by atoms with Crippen LogP contribution in [0.4, 0.5) is 5.69 Å². The zero-order chi connectivity index (χ0) is 27.1. The molecule has 37 heavy (non-hydrogen) atoms. The number of aliphatic hydroxyl groups is 1. The molecule has 2 bridgehead atoms. The van der Waals surface area contributed by atoms with Crippen molar-refractivity contribution in [3.63, 3.8) is 0 Å². The normalized spacial score (nSPS) is 34.7. The quantitative estimate of drug-likeness (QED) is 0.445. The van der Waals surface area contributed by atoms with Gasteiger partial charge >= 0.3 is 0 Å². The molecule has 1 aromatic rings. The summed E-state index contributed by atoms with van der Waals surface area (Å²) in [5.41, 5.74) is -1.36. The highest BCUT2D eigenvalue weighted by Crippen LogP contribution is 2.65. The molecule has 9 atom stereocenters. The van der Waals surface area contributed by atoms with E-state index in [9.17, 15) is 19.5 Å². The number of ether oxygens (including phenoxy) is 1. The van der Waals surface area contributed by atoms with Crippen LogP contribution in [0.25, 0.3) is 0 Å². The van der Waals surface area contributed by atoms with E-state index >= 15 is 0 Å². The van der Waals surface area contributed by atoms with Crippen LogP contribution in [0.15, 0.2) is 30.3 Å². The molecule has 0 saturated carbocycles. The summed E-state index contributed by atoms with van der Waals surface area (Å²) >= 11 is 0. The number of hydrogen-bond acceptors (Lipinski definition) is 5. The van der Waals surface area contributed by atoms with Crippen molar-refractivity contribution in [1.82, 2.24) is 10.2 Å². The monoisotopic (exact) mass is 513 g/mol. The molecule has 3 N–H and O–H groups in total. The second kappa shape index (κ2) is 10.4. The van der Waals surface area contributed by atoms with Crippen LogP contribution >= 0.6 is 0 Å². The predicted octanol–water partition coefficient (Wildman–Crippen LogP) is 3.35. The number of likely N-dealkylation sites (tertiary alicyclic amines) is 1. The second-order valence-electron chi connectivity index (χ2n) is 11.6. The van der Waals surface area contributed by atoms with Crippen molar-refractivity contribution in [1.29, 1.82) is 0 Å². The number of rotatable bonds is 10. The van der Waals surface area contributed by atoms with E-state index in [1.807, 2.05) is 65.0 Å². The van der Waals surface area contributed by atoms with Crippen LogP contribution in [0.3, 0.4) is 0 Å². The number of amides is 3. The minimum absolute atomic E-state index is 0.0330. The first kappa shape index (κ1) is 27.6. The summed E-state index contributed by atoms with van der Waals surface area (Å²) in [6.45, 7) is 11.7. The Hall–Kier alpha value is -2.45. The van der Waals surface area contributed by atoms with Gasteiger partial charge in [-0.25, -0.2) is 0 Å². The molecule has 3 heterocycles. The van der Waals surface area contributed by atoms with Gasteiger partial charge in [0.05, 0.1) is 30.1 Å². The molecule has 0 aliphatic carbocycles. The van der Waals surface area contributed by atoms with Gasteiger partial charge in [0.25, 0.3) is 0 Å². The molecular weight excluding hydrogens is 470 g/mol. The lowest BCUT2D eigenvalue weighted by atomic mass is 9.62. The molecule has 0 aromatic heterocycles. The molecule has 0 radical (unpaired) electrons. The van der Waals surface area contributed by atoms with Gasteiger partial charge in [-0.05, 0) is 50.7 Å². The number of carbonyl (C=O) groups is 3. The van der Waals surface area contributed by atoms with Crippen molar-refractivity contribution >= 4 is 23.4 Å². The maximum Gasteiger partial charge on any atom is 0.246 e. The minimum atomic E-state index is -1.12. The summed E-state index contributed by atoms with van der Waals surface area (Å²) in [4.78, 5) is 43.6. The van der Waals surface area contributed by atoms with E-state index in [1.54, 1.807) is 4.90 Å². The van der Waals surface area contributed by atoms with E-state index in [4.69, 9.17) is 4.74 Å². The maximum atomic E-state index is 14.3. The lowest BCUT2D eigenvalue weighted by Crippen LogP contribution is -2.60. The van der Waals surface area contributed by atoms with E-state index in [2.05, 4.69) is 17.6 Å². The van der Waals surface area contributed by atoms with Gasteiger partial charge in [0.2, 0.25) is 17.7 Å². The molecule has 4 rings (SSSR count). The topological polar surface area (TPSA) is 108 Å². The average molecular weight is 514 g/mol. The number of benzene rings is 1. The zero-order valence-electron chi connectivity index (χ0n) is 23.0. The SMILES string of the molecule is CCCC(C)NC(=O)C1N([C@@H](CO)[C@@H](C)CC)C(=O)[C@@H]2[C@H](C(=O)Nc3ccccc3)[C@@]3(C)OC12CC3C. The van der Waals surface area contributed by atoms with Crippen molar-refractivity contribution in [2.24, 2.45) is 23.7 Å². The van der Waals surface area contributed by atoms with Gasteiger partial charge in [-0.15, -0.1) is 0 Å². The van der Waals surface area contributed by atoms with Crippen LogP contribution < -0.4 is 10.6 Å². The van der Waals surface area contributed by atoms with Gasteiger partial charge in [-0.1, -0.05) is 58.7 Å². The van der Waals surface area contributed by atoms with Crippen LogP contribution in [0.1, 0.15) is 67.2 Å². The van der Waals surface area contributed by atoms with E-state index in [1.165, 1.54) is 0 Å². The second-order valence-corrected chi connectivity index (χ2v) is 11.6. The summed E-state index contributed by atoms with van der Waals surface area (Å²) in [5.74, 6) is -2.44. The average Bonchev–Trinajstić information content (AvgIpc) is 3.37. The van der Waals surface area contributed by atoms with E-state index in [0.717, 1.165) is 19.3 Å². The summed E-state index contributed by atoms with van der Waals surface area (Å²) in [7, 11) is 0. The fourth-order valence-electron chi connectivity index (χ4n) is 7.12. The Morgan fingerprint density at radius 2 is 1.86 bits per heavy atom. The van der Waals surface area contributed by atoms with Crippen LogP contribution in [0.2, 0.25) is 0 Å². The number of hydrogen-bond donors (Lipinski definition) is 3. The Morgan fingerprint density at radius 3 is 2.46 bits per heavy atom. The van der Waals surface area contributed by atoms with Gasteiger partial charge < -0.3 is 25.4 Å². The molecule has 8 heteroatoms. The van der Waals surface area contributed by atoms with Crippen molar-refractivity contribution in [3.8, 4) is 0 Å². The molecule has 3 saturated heterocycles.